The monoisotopic (exact) mass is 345 g/mol. The fourth-order valence-corrected chi connectivity index (χ4v) is 3.03. The first kappa shape index (κ1) is 18.8. The second kappa shape index (κ2) is 7.57. The molecule has 136 valence electrons. The number of rotatable bonds is 7. The van der Waals surface area contributed by atoms with Crippen LogP contribution in [-0.2, 0) is 20.7 Å². The molecule has 0 saturated carbocycles. The number of aromatic nitrogens is 2. The Morgan fingerprint density at radius 2 is 2.00 bits per heavy atom. The standard InChI is InChI=1S/C16H25F2N3O3/c1-10(8-16(4)23-5-6-24-16)9-19-14(22)7-13-11(2)20-21(12(13)3)15(17)18/h10,15H,5-9H2,1-4H3,(H,19,22)/t10-/m0/s1. The van der Waals surface area contributed by atoms with Crippen LogP contribution in [0.4, 0.5) is 8.78 Å². The van der Waals surface area contributed by atoms with Crippen molar-refractivity contribution in [1.29, 1.82) is 0 Å². The summed E-state index contributed by atoms with van der Waals surface area (Å²) in [7, 11) is 0. The maximum absolute atomic E-state index is 12.8. The van der Waals surface area contributed by atoms with Crippen LogP contribution in [0.1, 0.15) is 43.8 Å². The van der Waals surface area contributed by atoms with Gasteiger partial charge in [-0.25, -0.2) is 4.68 Å². The summed E-state index contributed by atoms with van der Waals surface area (Å²) in [4.78, 5) is 12.1. The van der Waals surface area contributed by atoms with E-state index in [1.165, 1.54) is 0 Å². The van der Waals surface area contributed by atoms with E-state index in [0.717, 1.165) is 0 Å². The van der Waals surface area contributed by atoms with Crippen LogP contribution in [0.15, 0.2) is 0 Å². The topological polar surface area (TPSA) is 65.4 Å². The summed E-state index contributed by atoms with van der Waals surface area (Å²) in [6.07, 6.45) is 0.718. The number of ether oxygens (including phenoxy) is 2. The second-order valence-electron chi connectivity index (χ2n) is 6.49. The zero-order valence-corrected chi connectivity index (χ0v) is 14.6. The lowest BCUT2D eigenvalue weighted by molar-refractivity contribution is -0.154. The number of halogens is 2. The van der Waals surface area contributed by atoms with Crippen molar-refractivity contribution >= 4 is 5.91 Å². The third-order valence-electron chi connectivity index (χ3n) is 4.26. The van der Waals surface area contributed by atoms with Gasteiger partial charge in [0.2, 0.25) is 5.91 Å². The molecule has 1 aromatic rings. The Balaban J connectivity index is 1.85. The van der Waals surface area contributed by atoms with E-state index in [4.69, 9.17) is 9.47 Å². The number of hydrogen-bond acceptors (Lipinski definition) is 4. The summed E-state index contributed by atoms with van der Waals surface area (Å²) in [5.41, 5.74) is 1.33. The average Bonchev–Trinajstić information content (AvgIpc) is 3.03. The fraction of sp³-hybridized carbons (Fsp3) is 0.750. The van der Waals surface area contributed by atoms with Gasteiger partial charge in [0.05, 0.1) is 25.3 Å². The van der Waals surface area contributed by atoms with E-state index in [9.17, 15) is 13.6 Å². The van der Waals surface area contributed by atoms with Crippen molar-refractivity contribution in [1.82, 2.24) is 15.1 Å². The maximum atomic E-state index is 12.8. The predicted molar refractivity (Wildman–Crippen MR) is 83.8 cm³/mol. The van der Waals surface area contributed by atoms with E-state index in [0.29, 0.717) is 47.8 Å². The van der Waals surface area contributed by atoms with Gasteiger partial charge >= 0.3 is 6.55 Å². The number of amides is 1. The molecule has 0 aromatic carbocycles. The zero-order chi connectivity index (χ0) is 17.9. The molecule has 0 unspecified atom stereocenters. The Morgan fingerprint density at radius 3 is 2.54 bits per heavy atom. The van der Waals surface area contributed by atoms with Crippen molar-refractivity contribution in [2.24, 2.45) is 5.92 Å². The molecule has 0 spiro atoms. The number of alkyl halides is 2. The van der Waals surface area contributed by atoms with E-state index in [-0.39, 0.29) is 18.2 Å². The van der Waals surface area contributed by atoms with Crippen LogP contribution >= 0.6 is 0 Å². The van der Waals surface area contributed by atoms with Gasteiger partial charge in [0, 0.05) is 24.2 Å². The van der Waals surface area contributed by atoms with Crippen LogP contribution < -0.4 is 5.32 Å². The number of nitrogens with one attached hydrogen (secondary N) is 1. The number of carbonyl (C=O) groups excluding carboxylic acids is 1. The molecule has 0 radical (unpaired) electrons. The summed E-state index contributed by atoms with van der Waals surface area (Å²) < 4.78 is 37.4. The molecular weight excluding hydrogens is 320 g/mol. The lowest BCUT2D eigenvalue weighted by Crippen LogP contribution is -2.35. The van der Waals surface area contributed by atoms with Crippen molar-refractivity contribution in [3.8, 4) is 0 Å². The van der Waals surface area contributed by atoms with Crippen LogP contribution in [0.3, 0.4) is 0 Å². The van der Waals surface area contributed by atoms with Gasteiger partial charge in [0.25, 0.3) is 0 Å². The van der Waals surface area contributed by atoms with Crippen molar-refractivity contribution in [2.45, 2.75) is 52.9 Å². The molecule has 1 fully saturated rings. The van der Waals surface area contributed by atoms with Crippen LogP contribution in [0, 0.1) is 19.8 Å². The molecule has 6 nitrogen and oxygen atoms in total. The van der Waals surface area contributed by atoms with Crippen molar-refractivity contribution < 1.29 is 23.0 Å². The Bertz CT molecular complexity index is 583. The highest BCUT2D eigenvalue weighted by Gasteiger charge is 2.32. The third-order valence-corrected chi connectivity index (χ3v) is 4.26. The van der Waals surface area contributed by atoms with Crippen LogP contribution in [0.25, 0.3) is 0 Å². The molecule has 24 heavy (non-hydrogen) atoms. The van der Waals surface area contributed by atoms with E-state index in [1.54, 1.807) is 13.8 Å². The Hall–Kier alpha value is -1.54. The minimum atomic E-state index is -2.70. The van der Waals surface area contributed by atoms with Gasteiger partial charge in [-0.1, -0.05) is 6.92 Å². The van der Waals surface area contributed by atoms with Gasteiger partial charge in [-0.15, -0.1) is 0 Å². The Morgan fingerprint density at radius 1 is 1.38 bits per heavy atom. The van der Waals surface area contributed by atoms with Gasteiger partial charge in [-0.3, -0.25) is 4.79 Å². The quantitative estimate of drug-likeness (QED) is 0.824. The molecule has 1 saturated heterocycles. The molecule has 0 bridgehead atoms. The third kappa shape index (κ3) is 4.51. The molecule has 1 N–H and O–H groups in total. The second-order valence-corrected chi connectivity index (χ2v) is 6.49. The van der Waals surface area contributed by atoms with Crippen LogP contribution in [0.2, 0.25) is 0 Å². The van der Waals surface area contributed by atoms with Crippen molar-refractivity contribution in [3.05, 3.63) is 17.0 Å². The van der Waals surface area contributed by atoms with Gasteiger partial charge in [0.1, 0.15) is 0 Å². The summed E-state index contributed by atoms with van der Waals surface area (Å²) in [5, 5.41) is 6.63. The number of nitrogens with zero attached hydrogens (tertiary/aromatic N) is 2. The maximum Gasteiger partial charge on any atom is 0.333 e. The largest absolute Gasteiger partial charge is 0.356 e. The molecule has 1 amide bonds. The Labute approximate surface area is 140 Å². The summed E-state index contributed by atoms with van der Waals surface area (Å²) >= 11 is 0. The van der Waals surface area contributed by atoms with E-state index >= 15 is 0 Å². The van der Waals surface area contributed by atoms with E-state index < -0.39 is 12.3 Å². The average molecular weight is 345 g/mol. The summed E-state index contributed by atoms with van der Waals surface area (Å²) in [6.45, 7) is 6.02. The molecular formula is C16H25F2N3O3. The van der Waals surface area contributed by atoms with E-state index in [2.05, 4.69) is 10.4 Å². The number of aryl methyl sites for hydroxylation is 1. The molecule has 1 atom stereocenters. The minimum Gasteiger partial charge on any atom is -0.356 e. The fourth-order valence-electron chi connectivity index (χ4n) is 3.03. The SMILES string of the molecule is Cc1nn(C(F)F)c(C)c1CC(=O)NC[C@@H](C)CC1(C)OCCO1. The first-order valence-electron chi connectivity index (χ1n) is 8.09. The van der Waals surface area contributed by atoms with Gasteiger partial charge in [0.15, 0.2) is 5.79 Å². The highest BCUT2D eigenvalue weighted by molar-refractivity contribution is 5.79. The highest BCUT2D eigenvalue weighted by Crippen LogP contribution is 2.26. The summed E-state index contributed by atoms with van der Waals surface area (Å²) in [5.74, 6) is -0.626. The molecule has 1 aliphatic heterocycles. The molecule has 1 aromatic heterocycles. The van der Waals surface area contributed by atoms with Crippen LogP contribution in [0.5, 0.6) is 0 Å². The molecule has 2 rings (SSSR count). The number of hydrogen-bond donors (Lipinski definition) is 1. The van der Waals surface area contributed by atoms with Gasteiger partial charge < -0.3 is 14.8 Å². The molecule has 0 aliphatic carbocycles. The lowest BCUT2D eigenvalue weighted by Gasteiger charge is -2.26. The minimum absolute atomic E-state index is 0.0430. The predicted octanol–water partition coefficient (Wildman–Crippen LogP) is 2.34. The normalized spacial score (nSPS) is 18.1. The molecule has 2 heterocycles. The van der Waals surface area contributed by atoms with Gasteiger partial charge in [-0.05, 0) is 26.7 Å². The summed E-state index contributed by atoms with van der Waals surface area (Å²) in [6, 6.07) is 0. The smallest absolute Gasteiger partial charge is 0.333 e. The van der Waals surface area contributed by atoms with Crippen LogP contribution in [-0.4, -0.2) is 41.2 Å². The Kier molecular flexibility index (Phi) is 5.92. The molecule has 8 heteroatoms. The van der Waals surface area contributed by atoms with Crippen molar-refractivity contribution in [3.63, 3.8) is 0 Å². The first-order chi connectivity index (χ1) is 11.2. The van der Waals surface area contributed by atoms with Crippen molar-refractivity contribution in [2.75, 3.05) is 19.8 Å². The molecule has 1 aliphatic rings. The zero-order valence-electron chi connectivity index (χ0n) is 14.6. The van der Waals surface area contributed by atoms with E-state index in [1.807, 2.05) is 13.8 Å². The lowest BCUT2D eigenvalue weighted by atomic mass is 10.0. The first-order valence-corrected chi connectivity index (χ1v) is 8.09. The van der Waals surface area contributed by atoms with Gasteiger partial charge in [-0.2, -0.15) is 13.9 Å². The highest BCUT2D eigenvalue weighted by atomic mass is 19.3. The number of carbonyl (C=O) groups is 1.